The van der Waals surface area contributed by atoms with Gasteiger partial charge in [0.05, 0.1) is 5.02 Å². The van der Waals surface area contributed by atoms with E-state index in [0.717, 1.165) is 30.6 Å². The van der Waals surface area contributed by atoms with E-state index in [1.54, 1.807) is 13.0 Å². The molecule has 0 radical (unpaired) electrons. The van der Waals surface area contributed by atoms with E-state index < -0.39 is 0 Å². The van der Waals surface area contributed by atoms with Crippen molar-refractivity contribution in [1.29, 1.82) is 0 Å². The van der Waals surface area contributed by atoms with Crippen molar-refractivity contribution in [2.24, 2.45) is 0 Å². The highest BCUT2D eigenvalue weighted by atomic mass is 35.5. The maximum absolute atomic E-state index is 13.1. The number of nitrogens with one attached hydrogen (secondary N) is 1. The van der Waals surface area contributed by atoms with Crippen LogP contribution in [0.4, 0.5) is 4.39 Å². The van der Waals surface area contributed by atoms with Crippen LogP contribution in [-0.4, -0.2) is 6.54 Å². The molecule has 0 atom stereocenters. The van der Waals surface area contributed by atoms with Crippen molar-refractivity contribution in [3.05, 3.63) is 58.4 Å². The van der Waals surface area contributed by atoms with Crippen LogP contribution >= 0.6 is 11.6 Å². The molecule has 0 aliphatic carbocycles. The van der Waals surface area contributed by atoms with E-state index >= 15 is 0 Å². The standard InChI is InChI=1S/C17H19ClFNO/c1-3-8-20-11-13-4-6-17(15(18)10-13)21-16-7-5-14(19)9-12(16)2/h4-7,9-10,20H,3,8,11H2,1-2H3. The Morgan fingerprint density at radius 3 is 2.57 bits per heavy atom. The topological polar surface area (TPSA) is 21.3 Å². The van der Waals surface area contributed by atoms with Gasteiger partial charge in [-0.1, -0.05) is 24.6 Å². The first kappa shape index (κ1) is 15.8. The summed E-state index contributed by atoms with van der Waals surface area (Å²) in [5.74, 6) is 0.907. The monoisotopic (exact) mass is 307 g/mol. The summed E-state index contributed by atoms with van der Waals surface area (Å²) in [6, 6.07) is 10.1. The van der Waals surface area contributed by atoms with Gasteiger partial charge < -0.3 is 10.1 Å². The average molecular weight is 308 g/mol. The van der Waals surface area contributed by atoms with Gasteiger partial charge in [-0.2, -0.15) is 0 Å². The molecule has 0 saturated carbocycles. The third kappa shape index (κ3) is 4.45. The number of rotatable bonds is 6. The lowest BCUT2D eigenvalue weighted by molar-refractivity contribution is 0.476. The first-order valence-corrected chi connectivity index (χ1v) is 7.41. The predicted octanol–water partition coefficient (Wildman–Crippen LogP) is 5.08. The quantitative estimate of drug-likeness (QED) is 0.751. The molecule has 0 bridgehead atoms. The van der Waals surface area contributed by atoms with Gasteiger partial charge in [-0.25, -0.2) is 4.39 Å². The van der Waals surface area contributed by atoms with Crippen molar-refractivity contribution in [2.45, 2.75) is 26.8 Å². The lowest BCUT2D eigenvalue weighted by atomic mass is 10.2. The van der Waals surface area contributed by atoms with Crippen molar-refractivity contribution in [3.8, 4) is 11.5 Å². The Kier molecular flexibility index (Phi) is 5.59. The van der Waals surface area contributed by atoms with E-state index in [-0.39, 0.29) is 5.82 Å². The van der Waals surface area contributed by atoms with Gasteiger partial charge in [0, 0.05) is 6.54 Å². The molecule has 0 aromatic heterocycles. The Balaban J connectivity index is 2.10. The highest BCUT2D eigenvalue weighted by Gasteiger charge is 2.07. The minimum Gasteiger partial charge on any atom is -0.456 e. The fourth-order valence-corrected chi connectivity index (χ4v) is 2.23. The molecular formula is C17H19ClFNO. The zero-order valence-electron chi connectivity index (χ0n) is 12.2. The molecule has 2 aromatic carbocycles. The van der Waals surface area contributed by atoms with Gasteiger partial charge in [0.2, 0.25) is 0 Å². The Morgan fingerprint density at radius 1 is 1.14 bits per heavy atom. The summed E-state index contributed by atoms with van der Waals surface area (Å²) in [5, 5.41) is 3.87. The summed E-state index contributed by atoms with van der Waals surface area (Å²) >= 11 is 6.25. The third-order valence-electron chi connectivity index (χ3n) is 3.11. The highest BCUT2D eigenvalue weighted by Crippen LogP contribution is 2.32. The first-order valence-electron chi connectivity index (χ1n) is 7.03. The number of ether oxygens (including phenoxy) is 1. The molecule has 0 saturated heterocycles. The molecule has 2 rings (SSSR count). The smallest absolute Gasteiger partial charge is 0.146 e. The molecule has 2 nitrogen and oxygen atoms in total. The van der Waals surface area contributed by atoms with Gasteiger partial charge in [0.25, 0.3) is 0 Å². The molecule has 0 amide bonds. The van der Waals surface area contributed by atoms with Crippen LogP contribution in [0.25, 0.3) is 0 Å². The molecule has 0 fully saturated rings. The first-order chi connectivity index (χ1) is 10.1. The van der Waals surface area contributed by atoms with Crippen molar-refractivity contribution in [2.75, 3.05) is 6.54 Å². The fraction of sp³-hybridized carbons (Fsp3) is 0.294. The maximum Gasteiger partial charge on any atom is 0.146 e. The molecule has 0 spiro atoms. The van der Waals surface area contributed by atoms with Crippen molar-refractivity contribution < 1.29 is 9.13 Å². The summed E-state index contributed by atoms with van der Waals surface area (Å²) in [6.45, 7) is 5.69. The van der Waals surface area contributed by atoms with Crippen molar-refractivity contribution in [1.82, 2.24) is 5.32 Å². The minimum atomic E-state index is -0.275. The minimum absolute atomic E-state index is 0.275. The van der Waals surface area contributed by atoms with Crippen LogP contribution < -0.4 is 10.1 Å². The molecule has 1 N–H and O–H groups in total. The summed E-state index contributed by atoms with van der Waals surface area (Å²) in [4.78, 5) is 0. The van der Waals surface area contributed by atoms with Crippen molar-refractivity contribution >= 4 is 11.6 Å². The molecule has 0 heterocycles. The molecule has 0 unspecified atom stereocenters. The summed E-state index contributed by atoms with van der Waals surface area (Å²) in [6.07, 6.45) is 1.10. The van der Waals surface area contributed by atoms with Crippen LogP contribution in [-0.2, 0) is 6.54 Å². The number of benzene rings is 2. The Morgan fingerprint density at radius 2 is 1.90 bits per heavy atom. The second kappa shape index (κ2) is 7.43. The second-order valence-electron chi connectivity index (χ2n) is 4.95. The van der Waals surface area contributed by atoms with Gasteiger partial charge >= 0.3 is 0 Å². The van der Waals surface area contributed by atoms with Crippen LogP contribution in [0.2, 0.25) is 5.02 Å². The van der Waals surface area contributed by atoms with Crippen LogP contribution in [0.3, 0.4) is 0 Å². The van der Waals surface area contributed by atoms with Crippen LogP contribution in [0.5, 0.6) is 11.5 Å². The molecule has 0 aliphatic rings. The lowest BCUT2D eigenvalue weighted by Crippen LogP contribution is -2.13. The van der Waals surface area contributed by atoms with Gasteiger partial charge in [-0.15, -0.1) is 0 Å². The third-order valence-corrected chi connectivity index (χ3v) is 3.40. The molecule has 4 heteroatoms. The van der Waals surface area contributed by atoms with Gasteiger partial charge in [0.15, 0.2) is 0 Å². The van der Waals surface area contributed by atoms with Gasteiger partial charge in [-0.3, -0.25) is 0 Å². The second-order valence-corrected chi connectivity index (χ2v) is 5.36. The van der Waals surface area contributed by atoms with E-state index in [1.807, 2.05) is 18.2 Å². The summed E-state index contributed by atoms with van der Waals surface area (Å²) < 4.78 is 18.8. The number of aryl methyl sites for hydroxylation is 1. The fourth-order valence-electron chi connectivity index (χ4n) is 1.99. The number of hydrogen-bond donors (Lipinski definition) is 1. The van der Waals surface area contributed by atoms with Gasteiger partial charge in [0.1, 0.15) is 17.3 Å². The van der Waals surface area contributed by atoms with Crippen molar-refractivity contribution in [3.63, 3.8) is 0 Å². The normalized spacial score (nSPS) is 10.7. The van der Waals surface area contributed by atoms with Crippen LogP contribution in [0.15, 0.2) is 36.4 Å². The number of halogens is 2. The lowest BCUT2D eigenvalue weighted by Gasteiger charge is -2.11. The zero-order chi connectivity index (χ0) is 15.2. The zero-order valence-corrected chi connectivity index (χ0v) is 13.0. The molecule has 0 aliphatic heterocycles. The van der Waals surface area contributed by atoms with E-state index in [0.29, 0.717) is 16.5 Å². The van der Waals surface area contributed by atoms with E-state index in [9.17, 15) is 4.39 Å². The average Bonchev–Trinajstić information content (AvgIpc) is 2.44. The van der Waals surface area contributed by atoms with Crippen LogP contribution in [0, 0.1) is 12.7 Å². The summed E-state index contributed by atoms with van der Waals surface area (Å²) in [7, 11) is 0. The van der Waals surface area contributed by atoms with E-state index in [2.05, 4.69) is 12.2 Å². The Hall–Kier alpha value is -1.58. The largest absolute Gasteiger partial charge is 0.456 e. The Bertz CT molecular complexity index is 616. The van der Waals surface area contributed by atoms with Crippen LogP contribution in [0.1, 0.15) is 24.5 Å². The molecule has 21 heavy (non-hydrogen) atoms. The SMILES string of the molecule is CCCNCc1ccc(Oc2ccc(F)cc2C)c(Cl)c1. The number of hydrogen-bond acceptors (Lipinski definition) is 2. The Labute approximate surface area is 129 Å². The predicted molar refractivity (Wildman–Crippen MR) is 84.7 cm³/mol. The van der Waals surface area contributed by atoms with Gasteiger partial charge in [-0.05, 0) is 61.3 Å². The highest BCUT2D eigenvalue weighted by molar-refractivity contribution is 6.32. The van der Waals surface area contributed by atoms with E-state index in [4.69, 9.17) is 16.3 Å². The molecule has 112 valence electrons. The van der Waals surface area contributed by atoms with E-state index in [1.165, 1.54) is 12.1 Å². The maximum atomic E-state index is 13.1. The molecule has 2 aromatic rings. The molecular weight excluding hydrogens is 289 g/mol. The summed E-state index contributed by atoms with van der Waals surface area (Å²) in [5.41, 5.74) is 1.84.